The van der Waals surface area contributed by atoms with Crippen LogP contribution in [0.4, 0.5) is 0 Å². The van der Waals surface area contributed by atoms with E-state index in [1.54, 1.807) is 13.0 Å². The number of benzene rings is 1. The lowest BCUT2D eigenvalue weighted by Gasteiger charge is -2.28. The van der Waals surface area contributed by atoms with Crippen molar-refractivity contribution in [3.63, 3.8) is 0 Å². The van der Waals surface area contributed by atoms with Gasteiger partial charge in [-0.1, -0.05) is 12.1 Å². The van der Waals surface area contributed by atoms with Crippen LogP contribution in [0, 0.1) is 0 Å². The molecule has 0 saturated heterocycles. The number of aliphatic carboxylic acids is 1. The van der Waals surface area contributed by atoms with Crippen LogP contribution in [0.5, 0.6) is 0 Å². The Morgan fingerprint density at radius 3 is 2.81 bits per heavy atom. The van der Waals surface area contributed by atoms with Crippen LogP contribution >= 0.6 is 0 Å². The summed E-state index contributed by atoms with van der Waals surface area (Å²) in [6.45, 7) is 1.84. The van der Waals surface area contributed by atoms with E-state index in [0.29, 0.717) is 5.56 Å². The zero-order chi connectivity index (χ0) is 15.5. The van der Waals surface area contributed by atoms with Gasteiger partial charge >= 0.3 is 5.97 Å². The van der Waals surface area contributed by atoms with Gasteiger partial charge in [0.15, 0.2) is 0 Å². The number of hydrogen-bond acceptors (Lipinski definition) is 3. The van der Waals surface area contributed by atoms with Gasteiger partial charge in [-0.05, 0) is 43.4 Å². The molecule has 1 aromatic rings. The minimum absolute atomic E-state index is 0.153. The van der Waals surface area contributed by atoms with Crippen molar-refractivity contribution in [3.8, 4) is 0 Å². The van der Waals surface area contributed by atoms with Crippen molar-refractivity contribution in [1.82, 2.24) is 5.32 Å². The summed E-state index contributed by atoms with van der Waals surface area (Å²) in [7, 11) is 1.49. The van der Waals surface area contributed by atoms with Crippen molar-refractivity contribution in [2.45, 2.75) is 38.1 Å². The number of fused-ring (bicyclic) bond motifs is 1. The Labute approximate surface area is 124 Å². The molecule has 5 nitrogen and oxygen atoms in total. The number of aryl methyl sites for hydroxylation is 1. The van der Waals surface area contributed by atoms with E-state index in [0.717, 1.165) is 24.8 Å². The number of carbonyl (C=O) groups excluding carboxylic acids is 1. The van der Waals surface area contributed by atoms with Gasteiger partial charge < -0.3 is 15.2 Å². The van der Waals surface area contributed by atoms with Crippen LogP contribution < -0.4 is 5.32 Å². The van der Waals surface area contributed by atoms with Gasteiger partial charge in [0.1, 0.15) is 0 Å². The summed E-state index contributed by atoms with van der Waals surface area (Å²) in [4.78, 5) is 23.5. The second kappa shape index (κ2) is 6.26. The minimum Gasteiger partial charge on any atom is -0.481 e. The first-order chi connectivity index (χ1) is 9.95. The van der Waals surface area contributed by atoms with E-state index in [1.165, 1.54) is 12.7 Å². The van der Waals surface area contributed by atoms with Gasteiger partial charge in [-0.15, -0.1) is 0 Å². The second-order valence-corrected chi connectivity index (χ2v) is 5.82. The summed E-state index contributed by atoms with van der Waals surface area (Å²) in [5, 5.41) is 11.8. The Morgan fingerprint density at radius 1 is 1.38 bits per heavy atom. The molecular weight excluding hydrogens is 270 g/mol. The van der Waals surface area contributed by atoms with Crippen molar-refractivity contribution in [3.05, 3.63) is 34.9 Å². The normalized spacial score (nSPS) is 16.1. The number of hydrogen-bond donors (Lipinski definition) is 2. The number of ether oxygens (including phenoxy) is 1. The molecule has 5 heteroatoms. The van der Waals surface area contributed by atoms with Crippen molar-refractivity contribution in [2.75, 3.05) is 13.7 Å². The molecule has 21 heavy (non-hydrogen) atoms. The Bertz CT molecular complexity index is 555. The number of carboxylic acids is 1. The van der Waals surface area contributed by atoms with E-state index in [9.17, 15) is 9.59 Å². The fourth-order valence-electron chi connectivity index (χ4n) is 2.96. The fourth-order valence-corrected chi connectivity index (χ4v) is 2.96. The molecule has 1 aliphatic carbocycles. The van der Waals surface area contributed by atoms with Crippen LogP contribution in [0.25, 0.3) is 0 Å². The lowest BCUT2D eigenvalue weighted by atomic mass is 9.96. The zero-order valence-corrected chi connectivity index (χ0v) is 12.4. The van der Waals surface area contributed by atoms with Gasteiger partial charge in [0.2, 0.25) is 0 Å². The van der Waals surface area contributed by atoms with E-state index in [2.05, 4.69) is 5.32 Å². The van der Waals surface area contributed by atoms with Crippen molar-refractivity contribution >= 4 is 11.9 Å². The molecule has 1 aliphatic rings. The summed E-state index contributed by atoms with van der Waals surface area (Å²) in [6, 6.07) is 5.72. The van der Waals surface area contributed by atoms with Gasteiger partial charge in [-0.2, -0.15) is 0 Å². The van der Waals surface area contributed by atoms with E-state index in [4.69, 9.17) is 9.84 Å². The fraction of sp³-hybridized carbons (Fsp3) is 0.500. The predicted octanol–water partition coefficient (Wildman–Crippen LogP) is 1.78. The van der Waals surface area contributed by atoms with Gasteiger partial charge in [0, 0.05) is 12.7 Å². The molecule has 1 unspecified atom stereocenters. The highest BCUT2D eigenvalue weighted by Gasteiger charge is 2.31. The molecule has 0 heterocycles. The molecular formula is C16H21NO4. The molecule has 0 saturated carbocycles. The third-order valence-corrected chi connectivity index (χ3v) is 3.81. The number of methoxy groups -OCH3 is 1. The average Bonchev–Trinajstić information content (AvgIpc) is 2.85. The first-order valence-corrected chi connectivity index (χ1v) is 7.09. The Morgan fingerprint density at radius 2 is 2.14 bits per heavy atom. The minimum atomic E-state index is -0.965. The quantitative estimate of drug-likeness (QED) is 0.838. The van der Waals surface area contributed by atoms with Gasteiger partial charge in [-0.3, -0.25) is 9.59 Å². The zero-order valence-electron chi connectivity index (χ0n) is 12.4. The number of rotatable bonds is 6. The third-order valence-electron chi connectivity index (χ3n) is 3.81. The molecule has 2 N–H and O–H groups in total. The van der Waals surface area contributed by atoms with Crippen molar-refractivity contribution in [2.24, 2.45) is 0 Å². The maximum Gasteiger partial charge on any atom is 0.305 e. The average molecular weight is 291 g/mol. The summed E-state index contributed by atoms with van der Waals surface area (Å²) < 4.78 is 5.06. The Kier molecular flexibility index (Phi) is 4.63. The van der Waals surface area contributed by atoms with Gasteiger partial charge in [0.25, 0.3) is 5.91 Å². The number of carbonyl (C=O) groups is 2. The van der Waals surface area contributed by atoms with Gasteiger partial charge in [-0.25, -0.2) is 0 Å². The summed E-state index contributed by atoms with van der Waals surface area (Å²) >= 11 is 0. The molecule has 114 valence electrons. The molecule has 0 aliphatic heterocycles. The molecule has 2 rings (SSSR count). The maximum absolute atomic E-state index is 12.5. The van der Waals surface area contributed by atoms with Gasteiger partial charge in [0.05, 0.1) is 18.6 Å². The predicted molar refractivity (Wildman–Crippen MR) is 78.5 cm³/mol. The molecule has 0 bridgehead atoms. The number of nitrogens with one attached hydrogen (secondary N) is 1. The van der Waals surface area contributed by atoms with E-state index in [-0.39, 0.29) is 18.9 Å². The highest BCUT2D eigenvalue weighted by molar-refractivity contribution is 5.97. The van der Waals surface area contributed by atoms with E-state index in [1.807, 2.05) is 12.1 Å². The van der Waals surface area contributed by atoms with Crippen LogP contribution in [0.3, 0.4) is 0 Å². The molecule has 1 amide bonds. The highest BCUT2D eigenvalue weighted by atomic mass is 16.5. The lowest BCUT2D eigenvalue weighted by Crippen LogP contribution is -2.51. The topological polar surface area (TPSA) is 75.6 Å². The summed E-state index contributed by atoms with van der Waals surface area (Å²) in [5.74, 6) is -1.19. The highest BCUT2D eigenvalue weighted by Crippen LogP contribution is 2.25. The monoisotopic (exact) mass is 291 g/mol. The van der Waals surface area contributed by atoms with Crippen LogP contribution in [0.15, 0.2) is 18.2 Å². The first-order valence-electron chi connectivity index (χ1n) is 7.09. The summed E-state index contributed by atoms with van der Waals surface area (Å²) in [6.07, 6.45) is 2.78. The third kappa shape index (κ3) is 3.61. The first kappa shape index (κ1) is 15.5. The van der Waals surface area contributed by atoms with Crippen molar-refractivity contribution in [1.29, 1.82) is 0 Å². The molecule has 0 aromatic heterocycles. The Balaban J connectivity index is 2.20. The second-order valence-electron chi connectivity index (χ2n) is 5.82. The largest absolute Gasteiger partial charge is 0.481 e. The van der Waals surface area contributed by atoms with Crippen LogP contribution in [0.2, 0.25) is 0 Å². The molecule has 0 spiro atoms. The van der Waals surface area contributed by atoms with E-state index >= 15 is 0 Å². The molecule has 0 radical (unpaired) electrons. The number of carboxylic acid groups (broad SMARTS) is 1. The van der Waals surface area contributed by atoms with E-state index < -0.39 is 11.5 Å². The Hall–Kier alpha value is -1.88. The molecule has 1 atom stereocenters. The van der Waals surface area contributed by atoms with Crippen LogP contribution in [-0.2, 0) is 22.4 Å². The molecule has 0 fully saturated rings. The van der Waals surface area contributed by atoms with Crippen LogP contribution in [0.1, 0.15) is 41.3 Å². The number of amides is 1. The smallest absolute Gasteiger partial charge is 0.305 e. The SMILES string of the molecule is COCC(C)(CC(=O)O)NC(=O)c1cccc2c1CCC2. The lowest BCUT2D eigenvalue weighted by molar-refractivity contribution is -0.139. The standard InChI is InChI=1S/C16H21NO4/c1-16(10-21-2,9-14(18)19)17-15(20)13-8-4-6-11-5-3-7-12(11)13/h4,6,8H,3,5,7,9-10H2,1-2H3,(H,17,20)(H,18,19). The van der Waals surface area contributed by atoms with Crippen molar-refractivity contribution < 1.29 is 19.4 Å². The van der Waals surface area contributed by atoms with Crippen LogP contribution in [-0.4, -0.2) is 36.2 Å². The maximum atomic E-state index is 12.5. The summed E-state index contributed by atoms with van der Waals surface area (Å²) in [5.41, 5.74) is 2.04. The molecule has 1 aromatic carbocycles.